The van der Waals surface area contributed by atoms with E-state index in [4.69, 9.17) is 11.6 Å². The van der Waals surface area contributed by atoms with Gasteiger partial charge < -0.3 is 0 Å². The first kappa shape index (κ1) is 15.1. The predicted molar refractivity (Wildman–Crippen MR) is 77.2 cm³/mol. The molecule has 0 radical (unpaired) electrons. The van der Waals surface area contributed by atoms with Gasteiger partial charge in [-0.05, 0) is 30.2 Å². The Morgan fingerprint density at radius 3 is 2.43 bits per heavy atom. The fraction of sp³-hybridized carbons (Fsp3) is 0.133. The molecule has 6 heteroatoms. The number of hydrogen-bond acceptors (Lipinski definition) is 3. The van der Waals surface area contributed by atoms with Gasteiger partial charge in [-0.3, -0.25) is 14.9 Å². The van der Waals surface area contributed by atoms with Gasteiger partial charge in [-0.1, -0.05) is 18.2 Å². The summed E-state index contributed by atoms with van der Waals surface area (Å²) >= 11 is 6.11. The Balaban J connectivity index is 2.37. The van der Waals surface area contributed by atoms with Crippen LogP contribution in [0.1, 0.15) is 26.9 Å². The molecule has 0 saturated heterocycles. The highest BCUT2D eigenvalue weighted by atomic mass is 35.5. The minimum absolute atomic E-state index is 0.174. The third-order valence-corrected chi connectivity index (χ3v) is 3.54. The van der Waals surface area contributed by atoms with Crippen molar-refractivity contribution in [1.29, 1.82) is 0 Å². The summed E-state index contributed by atoms with van der Waals surface area (Å²) in [7, 11) is 0. The number of hydrogen-bond donors (Lipinski definition) is 0. The molecule has 1 unspecified atom stereocenters. The van der Waals surface area contributed by atoms with Crippen molar-refractivity contribution in [3.05, 3.63) is 75.1 Å². The van der Waals surface area contributed by atoms with Gasteiger partial charge in [-0.25, -0.2) is 4.39 Å². The molecule has 0 fully saturated rings. The molecule has 0 aliphatic heterocycles. The van der Waals surface area contributed by atoms with Crippen molar-refractivity contribution in [3.8, 4) is 0 Å². The minimum Gasteiger partial charge on any atom is -0.292 e. The maximum Gasteiger partial charge on any atom is 0.270 e. The van der Waals surface area contributed by atoms with Crippen LogP contribution in [-0.2, 0) is 0 Å². The fourth-order valence-corrected chi connectivity index (χ4v) is 2.17. The van der Waals surface area contributed by atoms with Crippen LogP contribution in [-0.4, -0.2) is 10.7 Å². The minimum atomic E-state index is -1.02. The summed E-state index contributed by atoms with van der Waals surface area (Å²) in [5.41, 5.74) is 1.05. The van der Waals surface area contributed by atoms with Gasteiger partial charge in [0.1, 0.15) is 11.2 Å². The molecule has 1 atom stereocenters. The van der Waals surface area contributed by atoms with Crippen LogP contribution in [0.3, 0.4) is 0 Å². The maximum atomic E-state index is 12.9. The van der Waals surface area contributed by atoms with Crippen molar-refractivity contribution in [2.75, 3.05) is 0 Å². The standard InChI is InChI=1S/C15H11ClFNO3/c1-9-2-7-12(18(20)21)8-13(9)15(19)14(16)10-3-5-11(17)6-4-10/h2-8,14H,1H3. The second kappa shape index (κ2) is 6.01. The van der Waals surface area contributed by atoms with Crippen molar-refractivity contribution in [3.63, 3.8) is 0 Å². The SMILES string of the molecule is Cc1ccc([N+](=O)[O-])cc1C(=O)C(Cl)c1ccc(F)cc1. The first-order valence-electron chi connectivity index (χ1n) is 6.09. The lowest BCUT2D eigenvalue weighted by atomic mass is 9.98. The highest BCUT2D eigenvalue weighted by Gasteiger charge is 2.23. The lowest BCUT2D eigenvalue weighted by Gasteiger charge is -2.11. The number of rotatable bonds is 4. The Kier molecular flexibility index (Phi) is 4.33. The van der Waals surface area contributed by atoms with Gasteiger partial charge in [0.25, 0.3) is 5.69 Å². The van der Waals surface area contributed by atoms with E-state index in [9.17, 15) is 19.3 Å². The van der Waals surface area contributed by atoms with E-state index in [1.54, 1.807) is 6.92 Å². The normalized spacial score (nSPS) is 12.0. The van der Waals surface area contributed by atoms with Crippen LogP contribution >= 0.6 is 11.6 Å². The molecule has 0 spiro atoms. The van der Waals surface area contributed by atoms with Crippen LogP contribution in [0.5, 0.6) is 0 Å². The molecule has 21 heavy (non-hydrogen) atoms. The molecule has 2 aromatic carbocycles. The highest BCUT2D eigenvalue weighted by molar-refractivity contribution is 6.34. The van der Waals surface area contributed by atoms with Crippen molar-refractivity contribution in [1.82, 2.24) is 0 Å². The van der Waals surface area contributed by atoms with Gasteiger partial charge in [-0.15, -0.1) is 11.6 Å². The second-order valence-corrected chi connectivity index (χ2v) is 4.97. The Morgan fingerprint density at radius 2 is 1.86 bits per heavy atom. The van der Waals surface area contributed by atoms with Gasteiger partial charge in [0, 0.05) is 17.7 Å². The molecular formula is C15H11ClFNO3. The zero-order chi connectivity index (χ0) is 15.6. The van der Waals surface area contributed by atoms with Crippen molar-refractivity contribution in [2.45, 2.75) is 12.3 Å². The van der Waals surface area contributed by atoms with E-state index >= 15 is 0 Å². The molecule has 0 aliphatic rings. The van der Waals surface area contributed by atoms with Crippen molar-refractivity contribution < 1.29 is 14.1 Å². The lowest BCUT2D eigenvalue weighted by molar-refractivity contribution is -0.384. The molecule has 0 heterocycles. The first-order valence-corrected chi connectivity index (χ1v) is 6.52. The second-order valence-electron chi connectivity index (χ2n) is 4.53. The van der Waals surface area contributed by atoms with E-state index in [-0.39, 0.29) is 11.3 Å². The molecule has 0 saturated carbocycles. The predicted octanol–water partition coefficient (Wildman–Crippen LogP) is 4.21. The Labute approximate surface area is 125 Å². The highest BCUT2D eigenvalue weighted by Crippen LogP contribution is 2.28. The number of nitrogens with zero attached hydrogens (tertiary/aromatic N) is 1. The van der Waals surface area contributed by atoms with Crippen LogP contribution in [0.25, 0.3) is 0 Å². The Hall–Kier alpha value is -2.27. The summed E-state index contributed by atoms with van der Waals surface area (Å²) in [5.74, 6) is -0.883. The number of aryl methyl sites for hydroxylation is 1. The van der Waals surface area contributed by atoms with E-state index in [0.29, 0.717) is 11.1 Å². The van der Waals surface area contributed by atoms with Gasteiger partial charge >= 0.3 is 0 Å². The molecule has 2 rings (SSSR count). The zero-order valence-electron chi connectivity index (χ0n) is 11.0. The number of halogens is 2. The number of nitro benzene ring substituents is 1. The molecule has 4 nitrogen and oxygen atoms in total. The topological polar surface area (TPSA) is 60.2 Å². The largest absolute Gasteiger partial charge is 0.292 e. The Bertz CT molecular complexity index is 701. The average Bonchev–Trinajstić information content (AvgIpc) is 2.47. The fourth-order valence-electron chi connectivity index (χ4n) is 1.91. The summed E-state index contributed by atoms with van der Waals surface area (Å²) < 4.78 is 12.9. The summed E-state index contributed by atoms with van der Waals surface area (Å²) in [4.78, 5) is 22.6. The number of carbonyl (C=O) groups is 1. The number of nitro groups is 1. The number of non-ortho nitro benzene ring substituents is 1. The van der Waals surface area contributed by atoms with E-state index in [2.05, 4.69) is 0 Å². The van der Waals surface area contributed by atoms with Gasteiger partial charge in [-0.2, -0.15) is 0 Å². The van der Waals surface area contributed by atoms with Crippen LogP contribution in [0.4, 0.5) is 10.1 Å². The van der Waals surface area contributed by atoms with Crippen LogP contribution in [0.15, 0.2) is 42.5 Å². The molecule has 0 bridgehead atoms. The van der Waals surface area contributed by atoms with Gasteiger partial charge in [0.2, 0.25) is 0 Å². The monoisotopic (exact) mass is 307 g/mol. The molecule has 0 aromatic heterocycles. The van der Waals surface area contributed by atoms with Gasteiger partial charge in [0.05, 0.1) is 4.92 Å². The van der Waals surface area contributed by atoms with Crippen molar-refractivity contribution in [2.24, 2.45) is 0 Å². The first-order chi connectivity index (χ1) is 9.90. The maximum absolute atomic E-state index is 12.9. The number of benzene rings is 2. The third-order valence-electron chi connectivity index (χ3n) is 3.09. The van der Waals surface area contributed by atoms with E-state index in [1.165, 1.54) is 42.5 Å². The molecule has 0 N–H and O–H groups in total. The smallest absolute Gasteiger partial charge is 0.270 e. The summed E-state index contributed by atoms with van der Waals surface area (Å²) in [5, 5.41) is 9.76. The van der Waals surface area contributed by atoms with E-state index in [1.807, 2.05) is 0 Å². The quantitative estimate of drug-likeness (QED) is 0.368. The van der Waals surface area contributed by atoms with Crippen LogP contribution in [0.2, 0.25) is 0 Å². The molecule has 108 valence electrons. The molecule has 0 amide bonds. The lowest BCUT2D eigenvalue weighted by Crippen LogP contribution is -2.10. The molecule has 2 aromatic rings. The number of Topliss-reactive ketones (excluding diaryl/α,β-unsaturated/α-hetero) is 1. The Morgan fingerprint density at radius 1 is 1.24 bits per heavy atom. The third kappa shape index (κ3) is 3.25. The van der Waals surface area contributed by atoms with E-state index < -0.39 is 21.9 Å². The average molecular weight is 308 g/mol. The van der Waals surface area contributed by atoms with Crippen molar-refractivity contribution >= 4 is 23.1 Å². The molecular weight excluding hydrogens is 297 g/mol. The van der Waals surface area contributed by atoms with Gasteiger partial charge in [0.15, 0.2) is 5.78 Å². The number of carbonyl (C=O) groups excluding carboxylic acids is 1. The van der Waals surface area contributed by atoms with Crippen LogP contribution < -0.4 is 0 Å². The molecule has 0 aliphatic carbocycles. The summed E-state index contributed by atoms with van der Waals surface area (Å²) in [6, 6.07) is 9.27. The van der Waals surface area contributed by atoms with Crippen LogP contribution in [0, 0.1) is 22.9 Å². The van der Waals surface area contributed by atoms with E-state index in [0.717, 1.165) is 0 Å². The number of ketones is 1. The number of alkyl halides is 1. The zero-order valence-corrected chi connectivity index (χ0v) is 11.8. The summed E-state index contributed by atoms with van der Waals surface area (Å²) in [6.07, 6.45) is 0. The summed E-state index contributed by atoms with van der Waals surface area (Å²) in [6.45, 7) is 1.67.